The van der Waals surface area contributed by atoms with E-state index in [0.29, 0.717) is 25.5 Å². The average Bonchev–Trinajstić information content (AvgIpc) is 2.54. The number of ether oxygens (including phenoxy) is 1. The summed E-state index contributed by atoms with van der Waals surface area (Å²) in [4.78, 5) is 14.4. The van der Waals surface area contributed by atoms with Crippen molar-refractivity contribution in [2.45, 2.75) is 63.3 Å². The van der Waals surface area contributed by atoms with Gasteiger partial charge in [-0.05, 0) is 19.3 Å². The van der Waals surface area contributed by atoms with Crippen LogP contribution in [0, 0.1) is 0 Å². The smallest absolute Gasteiger partial charge is 0.318 e. The van der Waals surface area contributed by atoms with Crippen molar-refractivity contribution in [3.8, 4) is 0 Å². The Morgan fingerprint density at radius 3 is 2.81 bits per heavy atom. The van der Waals surface area contributed by atoms with E-state index >= 15 is 0 Å². The molecule has 1 saturated carbocycles. The molecule has 0 bridgehead atoms. The maximum atomic E-state index is 12.6. The summed E-state index contributed by atoms with van der Waals surface area (Å²) in [6.45, 7) is 5.92. The van der Waals surface area contributed by atoms with Gasteiger partial charge in [0.05, 0.1) is 24.5 Å². The van der Waals surface area contributed by atoms with Gasteiger partial charge < -0.3 is 15.0 Å². The highest BCUT2D eigenvalue weighted by molar-refractivity contribution is 7.85. The molecular formula is C15H28N2O3S. The Balaban J connectivity index is 1.97. The third-order valence-electron chi connectivity index (χ3n) is 4.59. The molecule has 6 heteroatoms. The quantitative estimate of drug-likeness (QED) is 0.861. The Kier molecular flexibility index (Phi) is 6.48. The van der Waals surface area contributed by atoms with E-state index in [9.17, 15) is 9.00 Å². The lowest BCUT2D eigenvalue weighted by Crippen LogP contribution is -2.57. The fourth-order valence-corrected chi connectivity index (χ4v) is 4.72. The highest BCUT2D eigenvalue weighted by Gasteiger charge is 2.33. The molecule has 2 aliphatic rings. The molecule has 1 heterocycles. The van der Waals surface area contributed by atoms with Crippen LogP contribution in [-0.4, -0.2) is 58.0 Å². The summed E-state index contributed by atoms with van der Waals surface area (Å²) in [6.07, 6.45) is 5.05. The summed E-state index contributed by atoms with van der Waals surface area (Å²) >= 11 is 0. The molecule has 4 atom stereocenters. The Hall–Kier alpha value is -0.620. The van der Waals surface area contributed by atoms with Crippen LogP contribution >= 0.6 is 0 Å². The molecule has 1 aliphatic heterocycles. The summed E-state index contributed by atoms with van der Waals surface area (Å²) < 4.78 is 17.6. The van der Waals surface area contributed by atoms with Gasteiger partial charge in [-0.2, -0.15) is 0 Å². The summed E-state index contributed by atoms with van der Waals surface area (Å²) in [7, 11) is -0.833. The molecule has 0 aromatic carbocycles. The van der Waals surface area contributed by atoms with E-state index in [1.54, 1.807) is 0 Å². The number of rotatable bonds is 4. The monoisotopic (exact) mass is 316 g/mol. The molecule has 1 aliphatic carbocycles. The molecule has 122 valence electrons. The van der Waals surface area contributed by atoms with E-state index in [0.717, 1.165) is 32.1 Å². The third kappa shape index (κ3) is 4.19. The lowest BCUT2D eigenvalue weighted by Gasteiger charge is -2.38. The van der Waals surface area contributed by atoms with Crippen LogP contribution in [0.25, 0.3) is 0 Å². The van der Waals surface area contributed by atoms with Gasteiger partial charge in [-0.1, -0.05) is 26.7 Å². The zero-order chi connectivity index (χ0) is 15.2. The minimum Gasteiger partial charge on any atom is -0.377 e. The topological polar surface area (TPSA) is 58.6 Å². The van der Waals surface area contributed by atoms with Gasteiger partial charge in [0.15, 0.2) is 0 Å². The lowest BCUT2D eigenvalue weighted by molar-refractivity contribution is 0.0105. The number of carbonyl (C=O) groups excluding carboxylic acids is 1. The number of urea groups is 1. The molecule has 2 fully saturated rings. The van der Waals surface area contributed by atoms with Gasteiger partial charge in [0.2, 0.25) is 0 Å². The molecule has 1 N–H and O–H groups in total. The van der Waals surface area contributed by atoms with Gasteiger partial charge in [0.1, 0.15) is 0 Å². The van der Waals surface area contributed by atoms with Crippen LogP contribution in [0.3, 0.4) is 0 Å². The molecular weight excluding hydrogens is 288 g/mol. The fourth-order valence-electron chi connectivity index (χ4n) is 3.29. The van der Waals surface area contributed by atoms with Crippen LogP contribution in [-0.2, 0) is 15.5 Å². The largest absolute Gasteiger partial charge is 0.377 e. The highest BCUT2D eigenvalue weighted by atomic mass is 32.2. The Bertz CT molecular complexity index is 378. The molecule has 0 aromatic heterocycles. The molecule has 1 saturated heterocycles. The van der Waals surface area contributed by atoms with Crippen LogP contribution in [0.15, 0.2) is 0 Å². The Morgan fingerprint density at radius 1 is 1.33 bits per heavy atom. The van der Waals surface area contributed by atoms with Crippen molar-refractivity contribution in [3.05, 3.63) is 0 Å². The maximum absolute atomic E-state index is 12.6. The normalized spacial score (nSPS) is 31.7. The zero-order valence-electron chi connectivity index (χ0n) is 13.2. The van der Waals surface area contributed by atoms with Crippen LogP contribution in [0.1, 0.15) is 46.0 Å². The summed E-state index contributed by atoms with van der Waals surface area (Å²) in [6, 6.07) is 0.222. The number of hydrogen-bond acceptors (Lipinski definition) is 3. The lowest BCUT2D eigenvalue weighted by atomic mass is 9.95. The van der Waals surface area contributed by atoms with E-state index in [1.807, 2.05) is 11.8 Å². The second kappa shape index (κ2) is 8.13. The Labute approximate surface area is 130 Å². The minimum atomic E-state index is -0.833. The second-order valence-electron chi connectivity index (χ2n) is 5.88. The van der Waals surface area contributed by atoms with Crippen molar-refractivity contribution in [2.75, 3.05) is 25.5 Å². The van der Waals surface area contributed by atoms with E-state index in [-0.39, 0.29) is 23.4 Å². The first-order chi connectivity index (χ1) is 10.2. The molecule has 0 aromatic rings. The van der Waals surface area contributed by atoms with Crippen LogP contribution < -0.4 is 5.32 Å². The maximum Gasteiger partial charge on any atom is 0.318 e. The first-order valence-electron chi connectivity index (χ1n) is 8.19. The third-order valence-corrected chi connectivity index (χ3v) is 6.40. The van der Waals surface area contributed by atoms with Crippen molar-refractivity contribution in [1.29, 1.82) is 0 Å². The number of amides is 2. The van der Waals surface area contributed by atoms with E-state index in [1.165, 1.54) is 0 Å². The molecule has 5 nitrogen and oxygen atoms in total. The Morgan fingerprint density at radius 2 is 2.10 bits per heavy atom. The second-order valence-corrected chi connectivity index (χ2v) is 7.82. The van der Waals surface area contributed by atoms with Gasteiger partial charge in [-0.3, -0.25) is 4.21 Å². The molecule has 21 heavy (non-hydrogen) atoms. The van der Waals surface area contributed by atoms with E-state index in [4.69, 9.17) is 4.74 Å². The molecule has 2 amide bonds. The molecule has 0 radical (unpaired) electrons. The highest BCUT2D eigenvalue weighted by Crippen LogP contribution is 2.23. The fraction of sp³-hybridized carbons (Fsp3) is 0.933. The van der Waals surface area contributed by atoms with Crippen LogP contribution in [0.2, 0.25) is 0 Å². The number of nitrogens with zero attached hydrogens (tertiary/aromatic N) is 1. The van der Waals surface area contributed by atoms with Crippen LogP contribution in [0.4, 0.5) is 4.79 Å². The van der Waals surface area contributed by atoms with Gasteiger partial charge in [0, 0.05) is 29.1 Å². The number of morpholine rings is 1. The molecule has 2 rings (SSSR count). The first kappa shape index (κ1) is 16.7. The first-order valence-corrected chi connectivity index (χ1v) is 9.57. The van der Waals surface area contributed by atoms with Crippen molar-refractivity contribution in [2.24, 2.45) is 0 Å². The van der Waals surface area contributed by atoms with Crippen molar-refractivity contribution in [1.82, 2.24) is 10.2 Å². The van der Waals surface area contributed by atoms with Crippen molar-refractivity contribution in [3.63, 3.8) is 0 Å². The average molecular weight is 316 g/mol. The van der Waals surface area contributed by atoms with Gasteiger partial charge in [0.25, 0.3) is 0 Å². The number of nitrogens with one attached hydrogen (secondary N) is 1. The minimum absolute atomic E-state index is 0.00449. The van der Waals surface area contributed by atoms with E-state index in [2.05, 4.69) is 12.2 Å². The van der Waals surface area contributed by atoms with Crippen LogP contribution in [0.5, 0.6) is 0 Å². The predicted octanol–water partition coefficient (Wildman–Crippen LogP) is 1.89. The van der Waals surface area contributed by atoms with Crippen molar-refractivity contribution < 1.29 is 13.7 Å². The van der Waals surface area contributed by atoms with E-state index < -0.39 is 10.8 Å². The summed E-state index contributed by atoms with van der Waals surface area (Å²) in [5, 5.41) is 3.28. The molecule has 0 spiro atoms. The molecule has 0 unspecified atom stereocenters. The van der Waals surface area contributed by atoms with Crippen molar-refractivity contribution >= 4 is 16.8 Å². The van der Waals surface area contributed by atoms with Gasteiger partial charge >= 0.3 is 6.03 Å². The predicted molar refractivity (Wildman–Crippen MR) is 84.9 cm³/mol. The zero-order valence-corrected chi connectivity index (χ0v) is 14.0. The summed E-state index contributed by atoms with van der Waals surface area (Å²) in [5.74, 6) is 0.673. The van der Waals surface area contributed by atoms with Gasteiger partial charge in [-0.25, -0.2) is 4.79 Å². The SMILES string of the molecule is CC[C@@H]1COCCN1C(=O)N[C@@H]1CCCC[C@@H]1[S@@](=O)CC. The number of carbonyl (C=O) groups is 1. The number of hydrogen-bond donors (Lipinski definition) is 1. The standard InChI is InChI=1S/C15H28N2O3S/c1-3-12-11-20-10-9-17(12)15(18)16-13-7-5-6-8-14(13)21(19)4-2/h12-14H,3-11H2,1-2H3,(H,16,18)/t12-,13-,14+,21+/m1/s1. The van der Waals surface area contributed by atoms with Gasteiger partial charge in [-0.15, -0.1) is 0 Å². The summed E-state index contributed by atoms with van der Waals surface area (Å²) in [5.41, 5.74) is 0.